The van der Waals surface area contributed by atoms with Crippen LogP contribution in [0, 0.1) is 56.7 Å². The molecular weight excluding hydrogens is 508 g/mol. The number of carbonyl (C=O) groups excluding carboxylic acids is 1. The summed E-state index contributed by atoms with van der Waals surface area (Å²) in [5.41, 5.74) is 1.99. The van der Waals surface area contributed by atoms with Crippen LogP contribution < -0.4 is 0 Å². The Bertz CT molecular complexity index is 1060. The van der Waals surface area contributed by atoms with Gasteiger partial charge in [0.1, 0.15) is 0 Å². The first kappa shape index (κ1) is 30.1. The van der Waals surface area contributed by atoms with E-state index in [1.165, 1.54) is 12.8 Å². The first-order chi connectivity index (χ1) is 19.3. The maximum Gasteiger partial charge on any atom is 0.229 e. The molecule has 5 fully saturated rings. The smallest absolute Gasteiger partial charge is 0.229 e. The molecule has 0 aromatic heterocycles. The van der Waals surface area contributed by atoms with E-state index in [0.717, 1.165) is 71.1 Å². The van der Waals surface area contributed by atoms with Gasteiger partial charge in [-0.1, -0.05) is 60.1 Å². The number of hydrogen-bond acceptors (Lipinski definition) is 4. The van der Waals surface area contributed by atoms with Crippen LogP contribution in [0.3, 0.4) is 0 Å². The van der Waals surface area contributed by atoms with Crippen molar-refractivity contribution in [3.63, 3.8) is 0 Å². The Kier molecular flexibility index (Phi) is 7.39. The molecule has 41 heavy (non-hydrogen) atoms. The third-order valence-electron chi connectivity index (χ3n) is 15.5. The van der Waals surface area contributed by atoms with Crippen LogP contribution in [0.5, 0.6) is 0 Å². The summed E-state index contributed by atoms with van der Waals surface area (Å²) in [5.74, 6) is 3.15. The molecule has 1 saturated heterocycles. The topological polar surface area (TPSA) is 64.0 Å². The summed E-state index contributed by atoms with van der Waals surface area (Å²) in [7, 11) is 0. The van der Waals surface area contributed by atoms with Gasteiger partial charge in [-0.3, -0.25) is 9.69 Å². The SMILES string of the molecule is C[C@H]1[C@H](C)CC[C@]2(C(=O)N3CCN(CCO)CC3)CC[C@]3(C)C(=CC[C@@H]4[C@@]5(C)CC[C@H](O)C(C)(C)[C@@H]5CC[C@]43C)[C@H]12. The number of amides is 1. The first-order valence-corrected chi connectivity index (χ1v) is 17.3. The van der Waals surface area contributed by atoms with Gasteiger partial charge >= 0.3 is 0 Å². The van der Waals surface area contributed by atoms with E-state index < -0.39 is 0 Å². The number of aliphatic hydroxyl groups excluding tert-OH is 2. The molecule has 1 aliphatic heterocycles. The normalized spacial score (nSPS) is 49.7. The monoisotopic (exact) mass is 568 g/mol. The van der Waals surface area contributed by atoms with Crippen molar-refractivity contribution in [1.29, 1.82) is 0 Å². The van der Waals surface area contributed by atoms with Gasteiger partial charge in [0, 0.05) is 32.7 Å². The summed E-state index contributed by atoms with van der Waals surface area (Å²) in [6.45, 7) is 21.7. The number of allylic oxidation sites excluding steroid dienone is 2. The van der Waals surface area contributed by atoms with Crippen molar-refractivity contribution in [2.75, 3.05) is 39.3 Å². The average molecular weight is 569 g/mol. The molecule has 0 bridgehead atoms. The van der Waals surface area contributed by atoms with E-state index >= 15 is 0 Å². The largest absolute Gasteiger partial charge is 0.395 e. The Morgan fingerprint density at radius 1 is 0.902 bits per heavy atom. The molecule has 1 heterocycles. The fraction of sp³-hybridized carbons (Fsp3) is 0.917. The number of nitrogens with zero attached hydrogens (tertiary/aromatic N) is 2. The van der Waals surface area contributed by atoms with Crippen molar-refractivity contribution in [1.82, 2.24) is 9.80 Å². The molecular formula is C36H60N2O3. The maximum atomic E-state index is 14.7. The molecule has 1 amide bonds. The zero-order valence-electron chi connectivity index (χ0n) is 27.3. The van der Waals surface area contributed by atoms with Gasteiger partial charge in [-0.05, 0) is 109 Å². The lowest BCUT2D eigenvalue weighted by molar-refractivity contribution is -0.205. The summed E-state index contributed by atoms with van der Waals surface area (Å²) >= 11 is 0. The van der Waals surface area contributed by atoms with E-state index in [2.05, 4.69) is 64.3 Å². The Hall–Kier alpha value is -0.910. The van der Waals surface area contributed by atoms with Gasteiger partial charge in [0.05, 0.1) is 18.1 Å². The quantitative estimate of drug-likeness (QED) is 0.402. The molecule has 5 nitrogen and oxygen atoms in total. The van der Waals surface area contributed by atoms with Crippen LogP contribution in [0.1, 0.15) is 106 Å². The predicted molar refractivity (Wildman–Crippen MR) is 165 cm³/mol. The van der Waals surface area contributed by atoms with Gasteiger partial charge in [-0.25, -0.2) is 0 Å². The molecule has 4 saturated carbocycles. The lowest BCUT2D eigenvalue weighted by Gasteiger charge is -2.71. The molecule has 6 aliphatic rings. The van der Waals surface area contributed by atoms with Gasteiger partial charge in [0.25, 0.3) is 0 Å². The Morgan fingerprint density at radius 2 is 1.61 bits per heavy atom. The summed E-state index contributed by atoms with van der Waals surface area (Å²) in [4.78, 5) is 19.2. The fourth-order valence-electron chi connectivity index (χ4n) is 12.5. The lowest BCUT2D eigenvalue weighted by atomic mass is 9.33. The van der Waals surface area contributed by atoms with Crippen molar-refractivity contribution >= 4 is 5.91 Å². The number of piperazine rings is 1. The maximum absolute atomic E-state index is 14.7. The molecule has 0 spiro atoms. The van der Waals surface area contributed by atoms with Crippen molar-refractivity contribution in [2.45, 2.75) is 112 Å². The Morgan fingerprint density at radius 3 is 2.29 bits per heavy atom. The third kappa shape index (κ3) is 4.06. The number of hydrogen-bond donors (Lipinski definition) is 2. The highest BCUT2D eigenvalue weighted by Gasteiger charge is 2.69. The second-order valence-corrected chi connectivity index (χ2v) is 17.0. The molecule has 0 aromatic rings. The Balaban J connectivity index is 1.36. The van der Waals surface area contributed by atoms with Crippen molar-refractivity contribution in [3.05, 3.63) is 11.6 Å². The number of fused-ring (bicyclic) bond motifs is 7. The van der Waals surface area contributed by atoms with Crippen molar-refractivity contribution in [2.24, 2.45) is 56.7 Å². The van der Waals surface area contributed by atoms with Gasteiger partial charge in [0.15, 0.2) is 0 Å². The highest BCUT2D eigenvalue weighted by molar-refractivity contribution is 5.84. The number of aliphatic hydroxyl groups is 2. The zero-order valence-corrected chi connectivity index (χ0v) is 27.3. The molecule has 232 valence electrons. The minimum absolute atomic E-state index is 0.0259. The summed E-state index contributed by atoms with van der Waals surface area (Å²) in [6.07, 6.45) is 12.5. The van der Waals surface area contributed by atoms with E-state index in [9.17, 15) is 15.0 Å². The second kappa shape index (κ2) is 10.1. The molecule has 0 radical (unpaired) electrons. The molecule has 0 aromatic carbocycles. The van der Waals surface area contributed by atoms with Gasteiger partial charge < -0.3 is 15.1 Å². The standard InChI is InChI=1S/C36H60N2O3/c1-24-10-15-36(31(41)38-20-18-37(19-21-38)22-23-39)17-16-34(6)26(30(36)25(24)2)8-9-28-33(5)13-12-29(40)32(3,4)27(33)11-14-35(28,34)7/h8,24-25,27-30,39-40H,9-23H2,1-7H3/t24-,25+,27+,28-,29+,30+,33+,34-,35-,36+/m1/s1. The van der Waals surface area contributed by atoms with E-state index in [-0.39, 0.29) is 39.8 Å². The third-order valence-corrected chi connectivity index (χ3v) is 15.5. The van der Waals surface area contributed by atoms with Gasteiger partial charge in [-0.2, -0.15) is 0 Å². The van der Waals surface area contributed by atoms with Crippen LogP contribution in [-0.4, -0.2) is 71.4 Å². The van der Waals surface area contributed by atoms with Crippen LogP contribution >= 0.6 is 0 Å². The van der Waals surface area contributed by atoms with Crippen molar-refractivity contribution < 1.29 is 15.0 Å². The van der Waals surface area contributed by atoms with Crippen LogP contribution in [0.15, 0.2) is 11.6 Å². The highest BCUT2D eigenvalue weighted by Crippen LogP contribution is 2.75. The number of β-amino-alcohol motifs (C(OH)–C–C–N with tert-alkyl or cyclic N) is 1. The molecule has 5 heteroatoms. The lowest BCUT2D eigenvalue weighted by Crippen LogP contribution is -2.66. The van der Waals surface area contributed by atoms with E-state index in [4.69, 9.17) is 0 Å². The van der Waals surface area contributed by atoms with Gasteiger partial charge in [0.2, 0.25) is 5.91 Å². The van der Waals surface area contributed by atoms with E-state index in [1.807, 2.05) is 0 Å². The molecule has 5 aliphatic carbocycles. The average Bonchev–Trinajstić information content (AvgIpc) is 2.93. The summed E-state index contributed by atoms with van der Waals surface area (Å²) < 4.78 is 0. The Labute approximate surface area is 250 Å². The van der Waals surface area contributed by atoms with Crippen LogP contribution in [0.2, 0.25) is 0 Å². The number of carbonyl (C=O) groups is 1. The first-order valence-electron chi connectivity index (χ1n) is 17.3. The molecule has 2 N–H and O–H groups in total. The second-order valence-electron chi connectivity index (χ2n) is 17.0. The molecule has 10 atom stereocenters. The molecule has 0 unspecified atom stereocenters. The minimum atomic E-state index is -0.252. The van der Waals surface area contributed by atoms with E-state index in [1.54, 1.807) is 5.57 Å². The fourth-order valence-corrected chi connectivity index (χ4v) is 12.5. The minimum Gasteiger partial charge on any atom is -0.395 e. The van der Waals surface area contributed by atoms with Gasteiger partial charge in [-0.15, -0.1) is 0 Å². The van der Waals surface area contributed by atoms with Crippen LogP contribution in [-0.2, 0) is 4.79 Å². The zero-order chi connectivity index (χ0) is 29.6. The van der Waals surface area contributed by atoms with Crippen LogP contribution in [0.4, 0.5) is 0 Å². The van der Waals surface area contributed by atoms with Crippen LogP contribution in [0.25, 0.3) is 0 Å². The summed E-state index contributed by atoms with van der Waals surface area (Å²) in [5, 5.41) is 20.5. The molecule has 6 rings (SSSR count). The predicted octanol–water partition coefficient (Wildman–Crippen LogP) is 6.14. The van der Waals surface area contributed by atoms with Crippen molar-refractivity contribution in [3.8, 4) is 0 Å². The highest BCUT2D eigenvalue weighted by atomic mass is 16.3. The van der Waals surface area contributed by atoms with E-state index in [0.29, 0.717) is 42.0 Å². The summed E-state index contributed by atoms with van der Waals surface area (Å²) in [6, 6.07) is 0. The number of rotatable bonds is 3.